The largest absolute Gasteiger partial charge is 0.452 e. The van der Waals surface area contributed by atoms with Gasteiger partial charge in [0.25, 0.3) is 0 Å². The number of aryl methyl sites for hydroxylation is 1. The molecule has 0 amide bonds. The minimum absolute atomic E-state index is 0.0867. The second kappa shape index (κ2) is 4.32. The summed E-state index contributed by atoms with van der Waals surface area (Å²) in [5, 5.41) is 12.9. The summed E-state index contributed by atoms with van der Waals surface area (Å²) in [4.78, 5) is 0. The molecule has 0 aromatic carbocycles. The zero-order chi connectivity index (χ0) is 10.8. The Morgan fingerprint density at radius 2 is 2.27 bits per heavy atom. The highest BCUT2D eigenvalue weighted by Crippen LogP contribution is 2.24. The zero-order valence-corrected chi connectivity index (χ0v) is 10.7. The molecule has 80 valence electrons. The summed E-state index contributed by atoms with van der Waals surface area (Å²) in [5.41, 5.74) is 0. The molecule has 2 aromatic rings. The van der Waals surface area contributed by atoms with Crippen LogP contribution in [0.2, 0.25) is 0 Å². The molecule has 1 atom stereocenters. The van der Waals surface area contributed by atoms with Crippen molar-refractivity contribution < 1.29 is 4.42 Å². The Balaban J connectivity index is 2.06. The number of rotatable bonds is 3. The molecular formula is C9H10BrN3OS. The molecule has 0 radical (unpaired) electrons. The Labute approximate surface area is 99.8 Å². The predicted octanol–water partition coefficient (Wildman–Crippen LogP) is 3.38. The molecule has 0 fully saturated rings. The molecule has 15 heavy (non-hydrogen) atoms. The van der Waals surface area contributed by atoms with Crippen LogP contribution in [-0.2, 0) is 0 Å². The van der Waals surface area contributed by atoms with Crippen molar-refractivity contribution >= 4 is 32.4 Å². The fraction of sp³-hybridized carbons (Fsp3) is 0.333. The third-order valence-electron chi connectivity index (χ3n) is 1.89. The lowest BCUT2D eigenvalue weighted by atomic mass is 10.3. The van der Waals surface area contributed by atoms with Gasteiger partial charge in [-0.1, -0.05) is 11.3 Å². The van der Waals surface area contributed by atoms with E-state index in [0.29, 0.717) is 0 Å². The van der Waals surface area contributed by atoms with Crippen molar-refractivity contribution in [3.05, 3.63) is 27.6 Å². The quantitative estimate of drug-likeness (QED) is 0.940. The maximum absolute atomic E-state index is 5.43. The highest BCUT2D eigenvalue weighted by molar-refractivity contribution is 9.10. The molecule has 0 spiro atoms. The van der Waals surface area contributed by atoms with Crippen LogP contribution in [0.15, 0.2) is 21.2 Å². The third-order valence-corrected chi connectivity index (χ3v) is 3.08. The number of hydrogen-bond donors (Lipinski definition) is 1. The molecule has 2 rings (SSSR count). The molecule has 0 saturated heterocycles. The Kier molecular flexibility index (Phi) is 3.06. The molecule has 6 heteroatoms. The van der Waals surface area contributed by atoms with Crippen LogP contribution in [-0.4, -0.2) is 10.2 Å². The van der Waals surface area contributed by atoms with Gasteiger partial charge >= 0.3 is 0 Å². The maximum Gasteiger partial charge on any atom is 0.206 e. The highest BCUT2D eigenvalue weighted by atomic mass is 79.9. The van der Waals surface area contributed by atoms with Gasteiger partial charge in [0, 0.05) is 0 Å². The standard InChI is InChI=1S/C9H10BrN3OS/c1-5(7-3-4-8(10)14-7)11-9-13-12-6(2)15-9/h3-5H,1-2H3,(H,11,13). The maximum atomic E-state index is 5.43. The molecule has 1 N–H and O–H groups in total. The highest BCUT2D eigenvalue weighted by Gasteiger charge is 2.11. The molecule has 0 aliphatic rings. The minimum Gasteiger partial charge on any atom is -0.452 e. The van der Waals surface area contributed by atoms with Crippen LogP contribution in [0.4, 0.5) is 5.13 Å². The summed E-state index contributed by atoms with van der Waals surface area (Å²) in [6.45, 7) is 3.94. The summed E-state index contributed by atoms with van der Waals surface area (Å²) >= 11 is 4.80. The number of furan rings is 1. The van der Waals surface area contributed by atoms with Gasteiger partial charge in [-0.15, -0.1) is 10.2 Å². The molecule has 1 unspecified atom stereocenters. The van der Waals surface area contributed by atoms with E-state index in [2.05, 4.69) is 31.4 Å². The average molecular weight is 288 g/mol. The number of halogens is 1. The monoisotopic (exact) mass is 287 g/mol. The molecular weight excluding hydrogens is 278 g/mol. The first-order valence-electron chi connectivity index (χ1n) is 4.47. The van der Waals surface area contributed by atoms with Crippen LogP contribution in [0, 0.1) is 6.92 Å². The van der Waals surface area contributed by atoms with Gasteiger partial charge in [0.05, 0.1) is 6.04 Å². The predicted molar refractivity (Wildman–Crippen MR) is 63.1 cm³/mol. The molecule has 2 heterocycles. The number of aromatic nitrogens is 2. The molecule has 0 aliphatic heterocycles. The van der Waals surface area contributed by atoms with Crippen molar-refractivity contribution in [1.82, 2.24) is 10.2 Å². The lowest BCUT2D eigenvalue weighted by Crippen LogP contribution is -2.04. The van der Waals surface area contributed by atoms with Crippen molar-refractivity contribution in [2.24, 2.45) is 0 Å². The second-order valence-corrected chi connectivity index (χ2v) is 5.10. The van der Waals surface area contributed by atoms with Gasteiger partial charge in [0.1, 0.15) is 10.8 Å². The number of anilines is 1. The van der Waals surface area contributed by atoms with E-state index < -0.39 is 0 Å². The van der Waals surface area contributed by atoms with E-state index in [-0.39, 0.29) is 6.04 Å². The number of nitrogens with one attached hydrogen (secondary N) is 1. The van der Waals surface area contributed by atoms with E-state index >= 15 is 0 Å². The molecule has 0 saturated carbocycles. The van der Waals surface area contributed by atoms with Crippen molar-refractivity contribution in [3.63, 3.8) is 0 Å². The summed E-state index contributed by atoms with van der Waals surface area (Å²) in [6, 6.07) is 3.89. The minimum atomic E-state index is 0.0867. The summed E-state index contributed by atoms with van der Waals surface area (Å²) in [7, 11) is 0. The second-order valence-electron chi connectivity index (χ2n) is 3.13. The van der Waals surface area contributed by atoms with E-state index in [0.717, 1.165) is 20.6 Å². The summed E-state index contributed by atoms with van der Waals surface area (Å²) < 4.78 is 6.17. The first-order chi connectivity index (χ1) is 7.15. The van der Waals surface area contributed by atoms with Crippen LogP contribution >= 0.6 is 27.3 Å². The average Bonchev–Trinajstić information content (AvgIpc) is 2.75. The fourth-order valence-corrected chi connectivity index (χ4v) is 2.17. The van der Waals surface area contributed by atoms with Gasteiger partial charge in [-0.2, -0.15) is 0 Å². The van der Waals surface area contributed by atoms with Gasteiger partial charge in [0.2, 0.25) is 5.13 Å². The Hall–Kier alpha value is -0.880. The summed E-state index contributed by atoms with van der Waals surface area (Å²) in [6.07, 6.45) is 0. The number of hydrogen-bond acceptors (Lipinski definition) is 5. The van der Waals surface area contributed by atoms with Gasteiger partial charge in [0.15, 0.2) is 4.67 Å². The van der Waals surface area contributed by atoms with Crippen LogP contribution in [0.25, 0.3) is 0 Å². The summed E-state index contributed by atoms with van der Waals surface area (Å²) in [5.74, 6) is 0.870. The van der Waals surface area contributed by atoms with Gasteiger partial charge in [-0.05, 0) is 41.9 Å². The topological polar surface area (TPSA) is 51.0 Å². The fourth-order valence-electron chi connectivity index (χ4n) is 1.17. The van der Waals surface area contributed by atoms with Gasteiger partial charge < -0.3 is 9.73 Å². The Bertz CT molecular complexity index is 454. The zero-order valence-electron chi connectivity index (χ0n) is 8.32. The normalized spacial score (nSPS) is 12.7. The van der Waals surface area contributed by atoms with Crippen molar-refractivity contribution in [1.29, 1.82) is 0 Å². The SMILES string of the molecule is Cc1nnc(NC(C)c2ccc(Br)o2)s1. The first kappa shape index (κ1) is 10.6. The van der Waals surface area contributed by atoms with Crippen molar-refractivity contribution in [3.8, 4) is 0 Å². The molecule has 0 aliphatic carbocycles. The lowest BCUT2D eigenvalue weighted by molar-refractivity contribution is 0.471. The molecule has 2 aromatic heterocycles. The molecule has 0 bridgehead atoms. The smallest absolute Gasteiger partial charge is 0.206 e. The van der Waals surface area contributed by atoms with Crippen LogP contribution in [0.1, 0.15) is 23.7 Å². The van der Waals surface area contributed by atoms with Crippen molar-refractivity contribution in [2.75, 3.05) is 5.32 Å². The van der Waals surface area contributed by atoms with Crippen molar-refractivity contribution in [2.45, 2.75) is 19.9 Å². The van der Waals surface area contributed by atoms with E-state index in [4.69, 9.17) is 4.42 Å². The number of nitrogens with zero attached hydrogens (tertiary/aromatic N) is 2. The lowest BCUT2D eigenvalue weighted by Gasteiger charge is -2.08. The molecule has 4 nitrogen and oxygen atoms in total. The first-order valence-corrected chi connectivity index (χ1v) is 6.08. The van der Waals surface area contributed by atoms with Gasteiger partial charge in [-0.3, -0.25) is 0 Å². The van der Waals surface area contributed by atoms with E-state index in [1.807, 2.05) is 26.0 Å². The van der Waals surface area contributed by atoms with Crippen LogP contribution in [0.5, 0.6) is 0 Å². The Morgan fingerprint density at radius 1 is 1.47 bits per heavy atom. The van der Waals surface area contributed by atoms with E-state index in [1.54, 1.807) is 0 Å². The van der Waals surface area contributed by atoms with E-state index in [9.17, 15) is 0 Å². The van der Waals surface area contributed by atoms with Crippen LogP contribution in [0.3, 0.4) is 0 Å². The van der Waals surface area contributed by atoms with Crippen LogP contribution < -0.4 is 5.32 Å². The Morgan fingerprint density at radius 3 is 2.80 bits per heavy atom. The third kappa shape index (κ3) is 2.57. The van der Waals surface area contributed by atoms with E-state index in [1.165, 1.54) is 11.3 Å². The van der Waals surface area contributed by atoms with Gasteiger partial charge in [-0.25, -0.2) is 0 Å².